The molecule has 6 nitrogen and oxygen atoms in total. The summed E-state index contributed by atoms with van der Waals surface area (Å²) in [5, 5.41) is 9.09. The highest BCUT2D eigenvalue weighted by atomic mass is 16.5. The number of morpholine rings is 1. The van der Waals surface area contributed by atoms with E-state index in [-0.39, 0.29) is 25.0 Å². The molecule has 132 valence electrons. The molecule has 0 aliphatic carbocycles. The first kappa shape index (κ1) is 18.3. The van der Waals surface area contributed by atoms with Gasteiger partial charge in [0.1, 0.15) is 5.75 Å². The number of hydrogen-bond acceptors (Lipinski definition) is 4. The molecule has 0 saturated carbocycles. The molecule has 1 fully saturated rings. The standard InChI is InChI=1S/C18H25NO5/c1-12(2)11-23-15-6-4-14(5-7-15)8-17(20)19-9-13(3)24-16(10-19)18(21)22/h4-7,12-13,16H,8-11H2,1-3H3,(H,21,22)/t13-,16?/m1/s1. The summed E-state index contributed by atoms with van der Waals surface area (Å²) in [6.07, 6.45) is -0.996. The van der Waals surface area contributed by atoms with Gasteiger partial charge in [0.2, 0.25) is 5.91 Å². The van der Waals surface area contributed by atoms with Crippen LogP contribution < -0.4 is 4.74 Å². The van der Waals surface area contributed by atoms with Crippen LogP contribution in [0.1, 0.15) is 26.3 Å². The van der Waals surface area contributed by atoms with E-state index < -0.39 is 12.1 Å². The van der Waals surface area contributed by atoms with Crippen LogP contribution in [0.25, 0.3) is 0 Å². The van der Waals surface area contributed by atoms with E-state index in [1.807, 2.05) is 24.3 Å². The lowest BCUT2D eigenvalue weighted by atomic mass is 10.1. The minimum Gasteiger partial charge on any atom is -0.493 e. The van der Waals surface area contributed by atoms with E-state index in [4.69, 9.17) is 14.6 Å². The maximum absolute atomic E-state index is 12.4. The number of rotatable bonds is 6. The van der Waals surface area contributed by atoms with Crippen molar-refractivity contribution in [3.63, 3.8) is 0 Å². The zero-order valence-electron chi connectivity index (χ0n) is 14.4. The summed E-state index contributed by atoms with van der Waals surface area (Å²) >= 11 is 0. The molecule has 1 aliphatic heterocycles. The van der Waals surface area contributed by atoms with E-state index in [9.17, 15) is 9.59 Å². The van der Waals surface area contributed by atoms with E-state index in [1.165, 1.54) is 0 Å². The maximum atomic E-state index is 12.4. The second-order valence-corrected chi connectivity index (χ2v) is 6.60. The molecular formula is C18H25NO5. The minimum atomic E-state index is -1.04. The van der Waals surface area contributed by atoms with Gasteiger partial charge in [-0.25, -0.2) is 4.79 Å². The number of amides is 1. The number of benzene rings is 1. The third-order valence-electron chi connectivity index (χ3n) is 3.75. The fourth-order valence-corrected chi connectivity index (χ4v) is 2.54. The zero-order chi connectivity index (χ0) is 17.7. The van der Waals surface area contributed by atoms with Gasteiger partial charge >= 0.3 is 5.97 Å². The highest BCUT2D eigenvalue weighted by Gasteiger charge is 2.32. The van der Waals surface area contributed by atoms with E-state index in [1.54, 1.807) is 11.8 Å². The Morgan fingerprint density at radius 1 is 1.29 bits per heavy atom. The molecule has 0 radical (unpaired) electrons. The minimum absolute atomic E-state index is 0.0905. The molecule has 1 N–H and O–H groups in total. The first-order chi connectivity index (χ1) is 11.3. The molecule has 24 heavy (non-hydrogen) atoms. The van der Waals surface area contributed by atoms with Crippen molar-refractivity contribution in [2.24, 2.45) is 5.92 Å². The van der Waals surface area contributed by atoms with Crippen molar-refractivity contribution >= 4 is 11.9 Å². The van der Waals surface area contributed by atoms with Crippen LogP contribution in [0.3, 0.4) is 0 Å². The quantitative estimate of drug-likeness (QED) is 0.860. The molecule has 1 amide bonds. The molecule has 1 aliphatic rings. The van der Waals surface area contributed by atoms with Crippen LogP contribution in [0.4, 0.5) is 0 Å². The van der Waals surface area contributed by atoms with Gasteiger partial charge in [0, 0.05) is 6.54 Å². The smallest absolute Gasteiger partial charge is 0.334 e. The van der Waals surface area contributed by atoms with Crippen molar-refractivity contribution < 1.29 is 24.2 Å². The Labute approximate surface area is 142 Å². The lowest BCUT2D eigenvalue weighted by Gasteiger charge is -2.35. The number of nitrogens with zero attached hydrogens (tertiary/aromatic N) is 1. The highest BCUT2D eigenvalue weighted by molar-refractivity contribution is 5.80. The van der Waals surface area contributed by atoms with Crippen molar-refractivity contribution in [1.29, 1.82) is 0 Å². The second kappa shape index (κ2) is 8.15. The van der Waals surface area contributed by atoms with Gasteiger partial charge < -0.3 is 19.5 Å². The number of carboxylic acid groups (broad SMARTS) is 1. The fourth-order valence-electron chi connectivity index (χ4n) is 2.54. The number of ether oxygens (including phenoxy) is 2. The molecule has 0 spiro atoms. The molecule has 0 aromatic heterocycles. The number of carboxylic acids is 1. The van der Waals surface area contributed by atoms with Crippen LogP contribution in [0.2, 0.25) is 0 Å². The summed E-state index contributed by atoms with van der Waals surface area (Å²) in [7, 11) is 0. The lowest BCUT2D eigenvalue weighted by Crippen LogP contribution is -2.52. The predicted molar refractivity (Wildman–Crippen MR) is 89.0 cm³/mol. The lowest BCUT2D eigenvalue weighted by molar-refractivity contribution is -0.166. The molecular weight excluding hydrogens is 310 g/mol. The molecule has 1 heterocycles. The Morgan fingerprint density at radius 2 is 1.96 bits per heavy atom. The van der Waals surface area contributed by atoms with Crippen LogP contribution in [0, 0.1) is 5.92 Å². The van der Waals surface area contributed by atoms with Crippen LogP contribution >= 0.6 is 0 Å². The van der Waals surface area contributed by atoms with Crippen molar-refractivity contribution in [3.8, 4) is 5.75 Å². The van der Waals surface area contributed by atoms with E-state index in [0.29, 0.717) is 19.1 Å². The van der Waals surface area contributed by atoms with Crippen LogP contribution in [-0.4, -0.2) is 53.8 Å². The molecule has 1 aromatic rings. The van der Waals surface area contributed by atoms with Crippen molar-refractivity contribution in [3.05, 3.63) is 29.8 Å². The average Bonchev–Trinajstić information content (AvgIpc) is 2.53. The number of hydrogen-bond donors (Lipinski definition) is 1. The van der Waals surface area contributed by atoms with E-state index in [2.05, 4.69) is 13.8 Å². The SMILES string of the molecule is CC(C)COc1ccc(CC(=O)N2CC(C(=O)O)O[C@H](C)C2)cc1. The summed E-state index contributed by atoms with van der Waals surface area (Å²) in [6, 6.07) is 7.44. The predicted octanol–water partition coefficient (Wildman–Crippen LogP) is 1.96. The van der Waals surface area contributed by atoms with Gasteiger partial charge in [-0.15, -0.1) is 0 Å². The molecule has 1 saturated heterocycles. The first-order valence-corrected chi connectivity index (χ1v) is 8.23. The van der Waals surface area contributed by atoms with Crippen LogP contribution in [-0.2, 0) is 20.7 Å². The normalized spacial score (nSPS) is 20.9. The van der Waals surface area contributed by atoms with Crippen LogP contribution in [0.15, 0.2) is 24.3 Å². The first-order valence-electron chi connectivity index (χ1n) is 8.23. The summed E-state index contributed by atoms with van der Waals surface area (Å²) < 4.78 is 11.0. The highest BCUT2D eigenvalue weighted by Crippen LogP contribution is 2.16. The topological polar surface area (TPSA) is 76.1 Å². The number of carbonyl (C=O) groups excluding carboxylic acids is 1. The van der Waals surface area contributed by atoms with Crippen LogP contribution in [0.5, 0.6) is 5.75 Å². The molecule has 2 rings (SSSR count). The summed E-state index contributed by atoms with van der Waals surface area (Å²) in [5.74, 6) is 0.112. The third kappa shape index (κ3) is 5.23. The summed E-state index contributed by atoms with van der Waals surface area (Å²) in [4.78, 5) is 25.1. The maximum Gasteiger partial charge on any atom is 0.334 e. The third-order valence-corrected chi connectivity index (χ3v) is 3.75. The Bertz CT molecular complexity index is 569. The fraction of sp³-hybridized carbons (Fsp3) is 0.556. The van der Waals surface area contributed by atoms with Gasteiger partial charge in [-0.05, 0) is 30.5 Å². The Morgan fingerprint density at radius 3 is 2.54 bits per heavy atom. The molecule has 2 atom stereocenters. The van der Waals surface area contributed by atoms with Gasteiger partial charge in [0.25, 0.3) is 0 Å². The van der Waals surface area contributed by atoms with E-state index in [0.717, 1.165) is 11.3 Å². The molecule has 0 bridgehead atoms. The molecule has 1 aromatic carbocycles. The van der Waals surface area contributed by atoms with Crippen molar-refractivity contribution in [2.75, 3.05) is 19.7 Å². The van der Waals surface area contributed by atoms with Gasteiger partial charge in [0.05, 0.1) is 25.7 Å². The van der Waals surface area contributed by atoms with Gasteiger partial charge in [-0.3, -0.25) is 4.79 Å². The summed E-state index contributed by atoms with van der Waals surface area (Å²) in [5.41, 5.74) is 0.878. The average molecular weight is 335 g/mol. The monoisotopic (exact) mass is 335 g/mol. The Hall–Kier alpha value is -2.08. The Kier molecular flexibility index (Phi) is 6.20. The summed E-state index contributed by atoms with van der Waals surface area (Å²) in [6.45, 7) is 7.10. The van der Waals surface area contributed by atoms with Crippen molar-refractivity contribution in [1.82, 2.24) is 4.90 Å². The van der Waals surface area contributed by atoms with Gasteiger partial charge in [0.15, 0.2) is 6.10 Å². The number of carbonyl (C=O) groups is 2. The Balaban J connectivity index is 1.92. The molecule has 6 heteroatoms. The molecule has 1 unspecified atom stereocenters. The van der Waals surface area contributed by atoms with E-state index >= 15 is 0 Å². The zero-order valence-corrected chi connectivity index (χ0v) is 14.4. The number of aliphatic carboxylic acids is 1. The second-order valence-electron chi connectivity index (χ2n) is 6.60. The largest absolute Gasteiger partial charge is 0.493 e. The van der Waals surface area contributed by atoms with Gasteiger partial charge in [-0.1, -0.05) is 26.0 Å². The van der Waals surface area contributed by atoms with Crippen molar-refractivity contribution in [2.45, 2.75) is 39.4 Å². The van der Waals surface area contributed by atoms with Gasteiger partial charge in [-0.2, -0.15) is 0 Å².